The van der Waals surface area contributed by atoms with E-state index in [-0.39, 0.29) is 18.7 Å². The van der Waals surface area contributed by atoms with E-state index >= 15 is 0 Å². The molecule has 0 aliphatic rings. The van der Waals surface area contributed by atoms with Crippen LogP contribution < -0.4 is 5.32 Å². The van der Waals surface area contributed by atoms with Crippen LogP contribution in [-0.4, -0.2) is 31.7 Å². The number of alkyl halides is 1. The minimum absolute atomic E-state index is 0.0835. The molecule has 0 aliphatic heterocycles. The lowest BCUT2D eigenvalue weighted by molar-refractivity contribution is -0.140. The van der Waals surface area contributed by atoms with Gasteiger partial charge in [-0.1, -0.05) is 18.2 Å². The van der Waals surface area contributed by atoms with Crippen LogP contribution in [-0.2, 0) is 9.53 Å². The average Bonchev–Trinajstić information content (AvgIpc) is 2.43. The lowest BCUT2D eigenvalue weighted by Crippen LogP contribution is -2.36. The molecule has 1 atom stereocenters. The minimum atomic E-state index is -0.713. The van der Waals surface area contributed by atoms with Gasteiger partial charge in [0.25, 0.3) is 5.91 Å². The summed E-state index contributed by atoms with van der Waals surface area (Å²) >= 11 is 0. The van der Waals surface area contributed by atoms with Crippen molar-refractivity contribution in [3.05, 3.63) is 35.9 Å². The van der Waals surface area contributed by atoms with Crippen LogP contribution in [0.1, 0.15) is 23.2 Å². The molecule has 0 saturated heterocycles. The molecular formula is C13H16FNO3. The molecule has 0 bridgehead atoms. The Morgan fingerprint density at radius 3 is 2.56 bits per heavy atom. The zero-order valence-corrected chi connectivity index (χ0v) is 10.2. The molecule has 4 nitrogen and oxygen atoms in total. The fourth-order valence-corrected chi connectivity index (χ4v) is 1.44. The molecule has 0 spiro atoms. The van der Waals surface area contributed by atoms with E-state index in [0.717, 1.165) is 0 Å². The first-order valence-corrected chi connectivity index (χ1v) is 5.66. The largest absolute Gasteiger partial charge is 0.469 e. The Bertz CT molecular complexity index is 394. The van der Waals surface area contributed by atoms with Crippen molar-refractivity contribution in [3.8, 4) is 0 Å². The van der Waals surface area contributed by atoms with Gasteiger partial charge in [0.15, 0.2) is 0 Å². The molecule has 1 aromatic carbocycles. The van der Waals surface area contributed by atoms with Crippen molar-refractivity contribution in [1.82, 2.24) is 5.32 Å². The molecule has 1 aromatic rings. The zero-order valence-electron chi connectivity index (χ0n) is 10.2. The Kier molecular flexibility index (Phi) is 5.84. The first kappa shape index (κ1) is 14.2. The highest BCUT2D eigenvalue weighted by atomic mass is 19.1. The summed E-state index contributed by atoms with van der Waals surface area (Å²) in [6.45, 7) is -0.713. The fourth-order valence-electron chi connectivity index (χ4n) is 1.44. The van der Waals surface area contributed by atoms with E-state index in [1.165, 1.54) is 7.11 Å². The number of ether oxygens (including phenoxy) is 1. The third kappa shape index (κ3) is 4.53. The number of hydrogen-bond donors (Lipinski definition) is 1. The summed E-state index contributed by atoms with van der Waals surface area (Å²) in [5.41, 5.74) is 0.467. The van der Waals surface area contributed by atoms with Gasteiger partial charge in [-0.25, -0.2) is 4.39 Å². The maximum Gasteiger partial charge on any atom is 0.305 e. The van der Waals surface area contributed by atoms with Crippen molar-refractivity contribution in [2.24, 2.45) is 0 Å². The Labute approximate surface area is 105 Å². The highest BCUT2D eigenvalue weighted by Gasteiger charge is 2.15. The molecule has 0 heterocycles. The predicted octanol–water partition coefficient (Wildman–Crippen LogP) is 1.71. The van der Waals surface area contributed by atoms with Crippen molar-refractivity contribution in [1.29, 1.82) is 0 Å². The van der Waals surface area contributed by atoms with Crippen LogP contribution in [0.15, 0.2) is 30.3 Å². The molecule has 1 N–H and O–H groups in total. The second-order valence-corrected chi connectivity index (χ2v) is 3.81. The molecule has 0 unspecified atom stereocenters. The van der Waals surface area contributed by atoms with E-state index in [1.807, 2.05) is 0 Å². The number of esters is 1. The van der Waals surface area contributed by atoms with Gasteiger partial charge in [-0.15, -0.1) is 0 Å². The summed E-state index contributed by atoms with van der Waals surface area (Å²) in [4.78, 5) is 22.7. The lowest BCUT2D eigenvalue weighted by Gasteiger charge is -2.14. The highest BCUT2D eigenvalue weighted by molar-refractivity contribution is 5.94. The standard InChI is InChI=1S/C13H16FNO3/c1-18-12(16)8-7-11(9-14)15-13(17)10-5-3-2-4-6-10/h2-6,11H,7-9H2,1H3,(H,15,17)/t11-/m0/s1. The topological polar surface area (TPSA) is 55.4 Å². The number of benzene rings is 1. The summed E-state index contributed by atoms with van der Waals surface area (Å²) in [6, 6.07) is 7.87. The number of hydrogen-bond acceptors (Lipinski definition) is 3. The summed E-state index contributed by atoms with van der Waals surface area (Å²) in [5, 5.41) is 2.54. The fraction of sp³-hybridized carbons (Fsp3) is 0.385. The SMILES string of the molecule is COC(=O)CC[C@@H](CF)NC(=O)c1ccccc1. The number of rotatable bonds is 6. The number of halogens is 1. The van der Waals surface area contributed by atoms with Crippen molar-refractivity contribution in [2.45, 2.75) is 18.9 Å². The van der Waals surface area contributed by atoms with Crippen LogP contribution in [0.5, 0.6) is 0 Å². The van der Waals surface area contributed by atoms with E-state index in [9.17, 15) is 14.0 Å². The zero-order chi connectivity index (χ0) is 13.4. The van der Waals surface area contributed by atoms with Crippen molar-refractivity contribution < 1.29 is 18.7 Å². The van der Waals surface area contributed by atoms with E-state index < -0.39 is 18.7 Å². The normalized spacial score (nSPS) is 11.7. The average molecular weight is 253 g/mol. The number of nitrogens with one attached hydrogen (secondary N) is 1. The van der Waals surface area contributed by atoms with Crippen molar-refractivity contribution in [2.75, 3.05) is 13.8 Å². The second kappa shape index (κ2) is 7.42. The molecule has 0 saturated carbocycles. The van der Waals surface area contributed by atoms with Crippen LogP contribution >= 0.6 is 0 Å². The van der Waals surface area contributed by atoms with Crippen LogP contribution in [0.4, 0.5) is 4.39 Å². The summed E-state index contributed by atoms with van der Waals surface area (Å²) in [7, 11) is 1.27. The van der Waals surface area contributed by atoms with Gasteiger partial charge < -0.3 is 10.1 Å². The molecule has 5 heteroatoms. The van der Waals surface area contributed by atoms with Gasteiger partial charge in [-0.2, -0.15) is 0 Å². The third-order valence-electron chi connectivity index (χ3n) is 2.48. The number of carbonyl (C=O) groups is 2. The number of amides is 1. The Hall–Kier alpha value is -1.91. The monoisotopic (exact) mass is 253 g/mol. The molecular weight excluding hydrogens is 237 g/mol. The van der Waals surface area contributed by atoms with Crippen LogP contribution in [0, 0.1) is 0 Å². The highest BCUT2D eigenvalue weighted by Crippen LogP contribution is 2.03. The van der Waals surface area contributed by atoms with Gasteiger partial charge in [-0.05, 0) is 18.6 Å². The van der Waals surface area contributed by atoms with Gasteiger partial charge in [-0.3, -0.25) is 9.59 Å². The van der Waals surface area contributed by atoms with Crippen molar-refractivity contribution in [3.63, 3.8) is 0 Å². The Balaban J connectivity index is 2.48. The van der Waals surface area contributed by atoms with Gasteiger partial charge in [0.1, 0.15) is 6.67 Å². The van der Waals surface area contributed by atoms with E-state index in [0.29, 0.717) is 5.56 Å². The van der Waals surface area contributed by atoms with Gasteiger partial charge in [0, 0.05) is 12.0 Å². The molecule has 18 heavy (non-hydrogen) atoms. The van der Waals surface area contributed by atoms with Gasteiger partial charge in [0.05, 0.1) is 13.2 Å². The molecule has 0 aromatic heterocycles. The summed E-state index contributed by atoms with van der Waals surface area (Å²) < 4.78 is 17.2. The first-order chi connectivity index (χ1) is 8.67. The second-order valence-electron chi connectivity index (χ2n) is 3.81. The Morgan fingerprint density at radius 2 is 2.00 bits per heavy atom. The Morgan fingerprint density at radius 1 is 1.33 bits per heavy atom. The first-order valence-electron chi connectivity index (χ1n) is 5.66. The third-order valence-corrected chi connectivity index (χ3v) is 2.48. The van der Waals surface area contributed by atoms with Gasteiger partial charge >= 0.3 is 5.97 Å². The van der Waals surface area contributed by atoms with Crippen molar-refractivity contribution >= 4 is 11.9 Å². The lowest BCUT2D eigenvalue weighted by atomic mass is 10.1. The molecule has 1 amide bonds. The number of methoxy groups -OCH3 is 1. The summed E-state index contributed by atoms with van der Waals surface area (Å²) in [6.07, 6.45) is 0.307. The maximum absolute atomic E-state index is 12.7. The molecule has 98 valence electrons. The van der Waals surface area contributed by atoms with Crippen LogP contribution in [0.3, 0.4) is 0 Å². The number of carbonyl (C=O) groups excluding carboxylic acids is 2. The van der Waals surface area contributed by atoms with Crippen LogP contribution in [0.25, 0.3) is 0 Å². The van der Waals surface area contributed by atoms with E-state index in [4.69, 9.17) is 0 Å². The summed E-state index contributed by atoms with van der Waals surface area (Å²) in [5.74, 6) is -0.759. The minimum Gasteiger partial charge on any atom is -0.469 e. The van der Waals surface area contributed by atoms with Gasteiger partial charge in [0.2, 0.25) is 0 Å². The molecule has 0 aliphatic carbocycles. The predicted molar refractivity (Wildman–Crippen MR) is 64.9 cm³/mol. The maximum atomic E-state index is 12.7. The molecule has 0 radical (unpaired) electrons. The molecule has 1 rings (SSSR count). The molecule has 0 fully saturated rings. The van der Waals surface area contributed by atoms with Crippen LogP contribution in [0.2, 0.25) is 0 Å². The van der Waals surface area contributed by atoms with E-state index in [1.54, 1.807) is 30.3 Å². The smallest absolute Gasteiger partial charge is 0.305 e. The van der Waals surface area contributed by atoms with E-state index in [2.05, 4.69) is 10.1 Å². The quantitative estimate of drug-likeness (QED) is 0.785.